The Bertz CT molecular complexity index is 1710. The third-order valence-corrected chi connectivity index (χ3v) is 7.07. The first-order chi connectivity index (χ1) is 19.4. The number of pyridine rings is 1. The number of nitrogens with zero attached hydrogens (tertiary/aromatic N) is 1. The second kappa shape index (κ2) is 11.6. The van der Waals surface area contributed by atoms with Crippen LogP contribution < -0.4 is 0 Å². The molecule has 0 bridgehead atoms. The molecule has 186 valence electrons. The van der Waals surface area contributed by atoms with Gasteiger partial charge in [-0.05, 0) is 45.5 Å². The normalized spacial score (nSPS) is 12.8. The van der Waals surface area contributed by atoms with Crippen LogP contribution in [0.5, 0.6) is 0 Å². The van der Waals surface area contributed by atoms with E-state index in [1.165, 1.54) is 33.4 Å². The minimum Gasteiger partial charge on any atom is -0.256 e. The van der Waals surface area contributed by atoms with Crippen LogP contribution in [0.25, 0.3) is 34.2 Å². The molecule has 1 nitrogen and oxygen atoms in total. The molecular weight excluding hydrogens is 470 g/mol. The number of aromatic nitrogens is 1. The van der Waals surface area contributed by atoms with Gasteiger partial charge < -0.3 is 0 Å². The lowest BCUT2D eigenvalue weighted by Crippen LogP contribution is -2.06. The molecule has 0 aliphatic rings. The zero-order chi connectivity index (χ0) is 26.3. The van der Waals surface area contributed by atoms with Gasteiger partial charge in [0.25, 0.3) is 0 Å². The summed E-state index contributed by atoms with van der Waals surface area (Å²) < 4.78 is 0. The van der Waals surface area contributed by atoms with Gasteiger partial charge in [-0.2, -0.15) is 0 Å². The molecule has 0 saturated heterocycles. The first kappa shape index (κ1) is 24.3. The molecule has 0 N–H and O–H groups in total. The quantitative estimate of drug-likeness (QED) is 0.199. The highest BCUT2D eigenvalue weighted by molar-refractivity contribution is 6.01. The van der Waals surface area contributed by atoms with Gasteiger partial charge in [0.15, 0.2) is 0 Å². The topological polar surface area (TPSA) is 12.9 Å². The van der Waals surface area contributed by atoms with Gasteiger partial charge in [-0.25, -0.2) is 0 Å². The molecular formula is C38H29N. The monoisotopic (exact) mass is 499 g/mol. The second-order valence-electron chi connectivity index (χ2n) is 9.61. The van der Waals surface area contributed by atoms with Crippen LogP contribution >= 0.6 is 0 Å². The van der Waals surface area contributed by atoms with E-state index in [1.54, 1.807) is 0 Å². The van der Waals surface area contributed by atoms with Gasteiger partial charge in [-0.1, -0.05) is 152 Å². The smallest absolute Gasteiger partial charge is 0.0774 e. The molecule has 0 amide bonds. The molecule has 0 radical (unpaired) electrons. The molecule has 0 aliphatic heterocycles. The highest BCUT2D eigenvalue weighted by atomic mass is 14.6. The summed E-state index contributed by atoms with van der Waals surface area (Å²) in [6.45, 7) is 0. The fraction of sp³-hybridized carbons (Fsp3) is 0.0263. The molecule has 0 fully saturated rings. The summed E-state index contributed by atoms with van der Waals surface area (Å²) >= 11 is 0. The molecule has 1 unspecified atom stereocenters. The first-order valence-electron chi connectivity index (χ1n) is 13.3. The Hall–Kier alpha value is -5.01. The molecule has 1 heteroatoms. The van der Waals surface area contributed by atoms with Gasteiger partial charge in [0, 0.05) is 23.1 Å². The highest BCUT2D eigenvalue weighted by Crippen LogP contribution is 2.44. The summed E-state index contributed by atoms with van der Waals surface area (Å²) in [5.74, 6) is -0.0184. The van der Waals surface area contributed by atoms with Gasteiger partial charge in [0.2, 0.25) is 0 Å². The van der Waals surface area contributed by atoms with Crippen molar-refractivity contribution in [2.75, 3.05) is 0 Å². The maximum Gasteiger partial charge on any atom is 0.0774 e. The van der Waals surface area contributed by atoms with E-state index in [0.717, 1.165) is 16.5 Å². The van der Waals surface area contributed by atoms with E-state index in [0.29, 0.717) is 0 Å². The van der Waals surface area contributed by atoms with Crippen molar-refractivity contribution in [1.29, 1.82) is 0 Å². The van der Waals surface area contributed by atoms with Crippen LogP contribution in [0.2, 0.25) is 0 Å². The SMILES string of the molecule is C(=C(c1ccccc1)C(/C(=C/c1cccc2cccnc12)c1ccccc1)c1ccccc1)c1ccccc1. The van der Waals surface area contributed by atoms with Crippen LogP contribution in [-0.2, 0) is 0 Å². The molecule has 0 saturated carbocycles. The van der Waals surface area contributed by atoms with E-state index in [9.17, 15) is 0 Å². The molecule has 6 aromatic rings. The largest absolute Gasteiger partial charge is 0.256 e. The van der Waals surface area contributed by atoms with Crippen molar-refractivity contribution < 1.29 is 0 Å². The average Bonchev–Trinajstić information content (AvgIpc) is 3.02. The van der Waals surface area contributed by atoms with E-state index in [1.807, 2.05) is 12.3 Å². The highest BCUT2D eigenvalue weighted by Gasteiger charge is 2.24. The van der Waals surface area contributed by atoms with E-state index in [-0.39, 0.29) is 5.92 Å². The Morgan fingerprint density at radius 2 is 1.03 bits per heavy atom. The van der Waals surface area contributed by atoms with Crippen LogP contribution in [0.3, 0.4) is 0 Å². The molecule has 0 spiro atoms. The van der Waals surface area contributed by atoms with Crippen molar-refractivity contribution in [2.24, 2.45) is 0 Å². The Labute approximate surface area is 230 Å². The molecule has 1 aromatic heterocycles. The van der Waals surface area contributed by atoms with Crippen molar-refractivity contribution in [3.8, 4) is 0 Å². The number of para-hydroxylation sites is 1. The predicted octanol–water partition coefficient (Wildman–Crippen LogP) is 9.80. The van der Waals surface area contributed by atoms with Gasteiger partial charge in [-0.15, -0.1) is 0 Å². The van der Waals surface area contributed by atoms with Crippen molar-refractivity contribution in [1.82, 2.24) is 4.98 Å². The molecule has 0 aliphatic carbocycles. The lowest BCUT2D eigenvalue weighted by atomic mass is 9.77. The standard InChI is InChI=1S/C38H29N/c1-5-15-29(16-6-1)27-35(30-17-7-2-8-18-30)37(32-21-11-4-12-22-32)36(31-19-9-3-10-20-31)28-34-24-13-23-33-25-14-26-39-38(33)34/h1-28,37H/b35-27?,36-28+. The van der Waals surface area contributed by atoms with Crippen LogP contribution in [-0.4, -0.2) is 4.98 Å². The molecule has 1 heterocycles. The second-order valence-corrected chi connectivity index (χ2v) is 9.61. The number of benzene rings is 5. The van der Waals surface area contributed by atoms with E-state index < -0.39 is 0 Å². The van der Waals surface area contributed by atoms with Crippen LogP contribution in [0.15, 0.2) is 158 Å². The maximum atomic E-state index is 4.77. The summed E-state index contributed by atoms with van der Waals surface area (Å²) in [6.07, 6.45) is 6.55. The Balaban J connectivity index is 1.66. The third kappa shape index (κ3) is 5.49. The number of hydrogen-bond acceptors (Lipinski definition) is 1. The summed E-state index contributed by atoms with van der Waals surface area (Å²) in [7, 11) is 0. The zero-order valence-corrected chi connectivity index (χ0v) is 21.7. The van der Waals surface area contributed by atoms with Crippen molar-refractivity contribution in [3.05, 3.63) is 186 Å². The minimum atomic E-state index is -0.0184. The number of hydrogen-bond donors (Lipinski definition) is 0. The molecule has 5 aromatic carbocycles. The number of allylic oxidation sites excluding steroid dienone is 2. The Morgan fingerprint density at radius 1 is 0.487 bits per heavy atom. The van der Waals surface area contributed by atoms with E-state index in [4.69, 9.17) is 4.98 Å². The van der Waals surface area contributed by atoms with Gasteiger partial charge in [0.05, 0.1) is 5.52 Å². The molecule has 1 atom stereocenters. The van der Waals surface area contributed by atoms with Gasteiger partial charge >= 0.3 is 0 Å². The predicted molar refractivity (Wildman–Crippen MR) is 166 cm³/mol. The maximum absolute atomic E-state index is 4.77. The van der Waals surface area contributed by atoms with Crippen molar-refractivity contribution >= 4 is 34.2 Å². The zero-order valence-electron chi connectivity index (χ0n) is 21.7. The van der Waals surface area contributed by atoms with E-state index >= 15 is 0 Å². The van der Waals surface area contributed by atoms with Crippen molar-refractivity contribution in [3.63, 3.8) is 0 Å². The van der Waals surface area contributed by atoms with Gasteiger partial charge in [0.1, 0.15) is 0 Å². The summed E-state index contributed by atoms with van der Waals surface area (Å²) in [4.78, 5) is 4.77. The fourth-order valence-electron chi connectivity index (χ4n) is 5.24. The molecule has 6 rings (SSSR count). The van der Waals surface area contributed by atoms with Crippen LogP contribution in [0.1, 0.15) is 33.7 Å². The summed E-state index contributed by atoms with van der Waals surface area (Å²) in [6, 6.07) is 53.5. The lowest BCUT2D eigenvalue weighted by molar-refractivity contribution is 1.13. The van der Waals surface area contributed by atoms with Crippen molar-refractivity contribution in [2.45, 2.75) is 5.92 Å². The Kier molecular flexibility index (Phi) is 7.23. The summed E-state index contributed by atoms with van der Waals surface area (Å²) in [5.41, 5.74) is 9.40. The van der Waals surface area contributed by atoms with Crippen LogP contribution in [0, 0.1) is 0 Å². The lowest BCUT2D eigenvalue weighted by Gasteiger charge is -2.26. The average molecular weight is 500 g/mol. The fourth-order valence-corrected chi connectivity index (χ4v) is 5.24. The number of rotatable bonds is 7. The van der Waals surface area contributed by atoms with Crippen LogP contribution in [0.4, 0.5) is 0 Å². The first-order valence-corrected chi connectivity index (χ1v) is 13.3. The number of fused-ring (bicyclic) bond motifs is 1. The van der Waals surface area contributed by atoms with E-state index in [2.05, 4.69) is 158 Å². The van der Waals surface area contributed by atoms with Gasteiger partial charge in [-0.3, -0.25) is 4.98 Å². The molecule has 39 heavy (non-hydrogen) atoms. The third-order valence-electron chi connectivity index (χ3n) is 7.07. The minimum absolute atomic E-state index is 0.0184. The summed E-state index contributed by atoms with van der Waals surface area (Å²) in [5, 5.41) is 1.14. The Morgan fingerprint density at radius 3 is 1.67 bits per heavy atom.